The fraction of sp³-hybridized carbons (Fsp3) is 0.889. The van der Waals surface area contributed by atoms with Crippen LogP contribution in [0.3, 0.4) is 0 Å². The van der Waals surface area contributed by atoms with E-state index in [2.05, 4.69) is 6.92 Å². The molecule has 0 spiro atoms. The summed E-state index contributed by atoms with van der Waals surface area (Å²) < 4.78 is 0. The van der Waals surface area contributed by atoms with E-state index >= 15 is 0 Å². The Morgan fingerprint density at radius 1 is 1.13 bits per heavy atom. The van der Waals surface area contributed by atoms with Crippen molar-refractivity contribution >= 4 is 11.7 Å². The first-order valence-electron chi connectivity index (χ1n) is 8.76. The van der Waals surface area contributed by atoms with Gasteiger partial charge in [-0.1, -0.05) is 20.8 Å². The maximum atomic E-state index is 12.8. The molecule has 0 aromatic rings. The van der Waals surface area contributed by atoms with Crippen molar-refractivity contribution in [3.8, 4) is 0 Å². The Morgan fingerprint density at radius 2 is 1.70 bits per heavy atom. The monoisotopic (exact) mass is 327 g/mol. The van der Waals surface area contributed by atoms with Gasteiger partial charge >= 0.3 is 0 Å². The topological polar surface area (TPSA) is 89.4 Å². The molecule has 0 saturated heterocycles. The summed E-state index contributed by atoms with van der Waals surface area (Å²) in [5, 5.41) is 0. The van der Waals surface area contributed by atoms with Crippen molar-refractivity contribution in [1.29, 1.82) is 0 Å². The number of amides is 1. The minimum Gasteiger partial charge on any atom is -0.342 e. The highest BCUT2D eigenvalue weighted by atomic mass is 16.2. The number of nitrogens with two attached hydrogens (primary N) is 2. The third kappa shape index (κ3) is 9.72. The first kappa shape index (κ1) is 22.1. The summed E-state index contributed by atoms with van der Waals surface area (Å²) in [6.07, 6.45) is 2.25. The minimum absolute atomic E-state index is 0.0780. The van der Waals surface area contributed by atoms with Crippen LogP contribution in [0, 0.1) is 17.8 Å². The van der Waals surface area contributed by atoms with Crippen LogP contribution in [0.25, 0.3) is 0 Å². The van der Waals surface area contributed by atoms with Gasteiger partial charge in [-0.25, -0.2) is 0 Å². The van der Waals surface area contributed by atoms with Gasteiger partial charge in [0.15, 0.2) is 0 Å². The Morgan fingerprint density at radius 3 is 2.13 bits per heavy atom. The summed E-state index contributed by atoms with van der Waals surface area (Å²) in [7, 11) is 0. The van der Waals surface area contributed by atoms with Crippen LogP contribution in [0.4, 0.5) is 0 Å². The summed E-state index contributed by atoms with van der Waals surface area (Å²) in [6.45, 7) is 13.4. The Balaban J connectivity index is 4.80. The molecule has 3 atom stereocenters. The van der Waals surface area contributed by atoms with Crippen molar-refractivity contribution < 1.29 is 9.59 Å². The van der Waals surface area contributed by atoms with E-state index in [4.69, 9.17) is 11.5 Å². The molecular formula is C18H37N3O2. The van der Waals surface area contributed by atoms with Gasteiger partial charge < -0.3 is 16.4 Å². The lowest BCUT2D eigenvalue weighted by molar-refractivity contribution is -0.136. The normalized spacial score (nSPS) is 15.8. The Labute approximate surface area is 142 Å². The largest absolute Gasteiger partial charge is 0.342 e. The number of Topliss-reactive ketones (excluding diaryl/α,β-unsaturated/α-hetero) is 1. The van der Waals surface area contributed by atoms with Gasteiger partial charge in [0.2, 0.25) is 5.91 Å². The molecule has 0 heterocycles. The highest BCUT2D eigenvalue weighted by molar-refractivity contribution is 5.81. The fourth-order valence-corrected chi connectivity index (χ4v) is 3.02. The van der Waals surface area contributed by atoms with Gasteiger partial charge in [-0.15, -0.1) is 0 Å². The summed E-state index contributed by atoms with van der Waals surface area (Å²) in [5.74, 6) is 0.356. The van der Waals surface area contributed by atoms with E-state index in [1.807, 2.05) is 32.6 Å². The van der Waals surface area contributed by atoms with Crippen LogP contribution in [0.1, 0.15) is 60.8 Å². The van der Waals surface area contributed by atoms with Gasteiger partial charge in [-0.2, -0.15) is 0 Å². The van der Waals surface area contributed by atoms with Crippen LogP contribution >= 0.6 is 0 Å². The quantitative estimate of drug-likeness (QED) is 0.608. The van der Waals surface area contributed by atoms with Gasteiger partial charge in [0.05, 0.1) is 0 Å². The maximum Gasteiger partial charge on any atom is 0.225 e. The molecule has 0 radical (unpaired) electrons. The van der Waals surface area contributed by atoms with Crippen LogP contribution in [0.2, 0.25) is 0 Å². The van der Waals surface area contributed by atoms with E-state index < -0.39 is 0 Å². The predicted octanol–water partition coefficient (Wildman–Crippen LogP) is 2.18. The highest BCUT2D eigenvalue weighted by Gasteiger charge is 2.26. The molecule has 0 aliphatic carbocycles. The molecule has 23 heavy (non-hydrogen) atoms. The van der Waals surface area contributed by atoms with Gasteiger partial charge in [0, 0.05) is 30.5 Å². The average Bonchev–Trinajstić information content (AvgIpc) is 2.40. The average molecular weight is 328 g/mol. The maximum absolute atomic E-state index is 12.8. The molecule has 0 bridgehead atoms. The van der Waals surface area contributed by atoms with Gasteiger partial charge in [-0.05, 0) is 52.5 Å². The summed E-state index contributed by atoms with van der Waals surface area (Å²) in [4.78, 5) is 26.1. The summed E-state index contributed by atoms with van der Waals surface area (Å²) in [5.41, 5.74) is 11.5. The van der Waals surface area contributed by atoms with Crippen molar-refractivity contribution in [1.82, 2.24) is 4.90 Å². The van der Waals surface area contributed by atoms with Crippen LogP contribution < -0.4 is 11.5 Å². The van der Waals surface area contributed by atoms with E-state index in [-0.39, 0.29) is 29.1 Å². The molecule has 3 unspecified atom stereocenters. The minimum atomic E-state index is -0.239. The molecule has 0 fully saturated rings. The number of hydrogen-bond acceptors (Lipinski definition) is 4. The van der Waals surface area contributed by atoms with Crippen molar-refractivity contribution in [3.05, 3.63) is 0 Å². The first-order valence-corrected chi connectivity index (χ1v) is 8.76. The van der Waals surface area contributed by atoms with E-state index in [0.717, 1.165) is 12.8 Å². The second-order valence-electron chi connectivity index (χ2n) is 7.87. The molecular weight excluding hydrogens is 290 g/mol. The van der Waals surface area contributed by atoms with E-state index in [0.29, 0.717) is 32.0 Å². The lowest BCUT2D eigenvalue weighted by Crippen LogP contribution is -2.42. The van der Waals surface area contributed by atoms with Crippen LogP contribution in [-0.4, -0.2) is 41.8 Å². The molecule has 5 nitrogen and oxygen atoms in total. The smallest absolute Gasteiger partial charge is 0.225 e. The molecule has 0 aliphatic heterocycles. The molecule has 4 N–H and O–H groups in total. The first-order chi connectivity index (χ1) is 10.5. The molecule has 1 amide bonds. The SMILES string of the molecule is CC(=O)C(C)CC(C)C(=O)N(CCCN)CC(C)CC(C)(C)N. The lowest BCUT2D eigenvalue weighted by Gasteiger charge is -2.31. The molecule has 5 heteroatoms. The Kier molecular flexibility index (Phi) is 9.63. The number of ketones is 1. The lowest BCUT2D eigenvalue weighted by atomic mass is 9.91. The van der Waals surface area contributed by atoms with Gasteiger partial charge in [-0.3, -0.25) is 9.59 Å². The van der Waals surface area contributed by atoms with E-state index in [9.17, 15) is 9.59 Å². The molecule has 0 rings (SSSR count). The third-order valence-corrected chi connectivity index (χ3v) is 4.17. The van der Waals surface area contributed by atoms with Crippen LogP contribution in [-0.2, 0) is 9.59 Å². The van der Waals surface area contributed by atoms with Crippen LogP contribution in [0.5, 0.6) is 0 Å². The zero-order valence-electron chi connectivity index (χ0n) is 15.9. The molecule has 0 aliphatic rings. The Hall–Kier alpha value is -0.940. The molecule has 136 valence electrons. The van der Waals surface area contributed by atoms with Crippen molar-refractivity contribution in [2.24, 2.45) is 29.2 Å². The van der Waals surface area contributed by atoms with Gasteiger partial charge in [0.25, 0.3) is 0 Å². The van der Waals surface area contributed by atoms with Crippen molar-refractivity contribution in [2.75, 3.05) is 19.6 Å². The Bertz CT molecular complexity index is 377. The zero-order chi connectivity index (χ0) is 18.2. The molecule has 0 aromatic heterocycles. The number of hydrogen-bond donors (Lipinski definition) is 2. The number of carbonyl (C=O) groups is 2. The van der Waals surface area contributed by atoms with Gasteiger partial charge in [0.1, 0.15) is 5.78 Å². The second-order valence-corrected chi connectivity index (χ2v) is 7.87. The second kappa shape index (κ2) is 10.0. The molecule has 0 aromatic carbocycles. The van der Waals surface area contributed by atoms with Crippen molar-refractivity contribution in [3.63, 3.8) is 0 Å². The van der Waals surface area contributed by atoms with E-state index in [1.165, 1.54) is 0 Å². The summed E-state index contributed by atoms with van der Waals surface area (Å²) in [6, 6.07) is 0. The molecule has 0 saturated carbocycles. The van der Waals surface area contributed by atoms with Crippen LogP contribution in [0.15, 0.2) is 0 Å². The highest BCUT2D eigenvalue weighted by Crippen LogP contribution is 2.19. The number of carbonyl (C=O) groups excluding carboxylic acids is 2. The van der Waals surface area contributed by atoms with Crippen molar-refractivity contribution in [2.45, 2.75) is 66.3 Å². The fourth-order valence-electron chi connectivity index (χ4n) is 3.02. The third-order valence-electron chi connectivity index (χ3n) is 4.17. The number of rotatable bonds is 11. The zero-order valence-corrected chi connectivity index (χ0v) is 15.9. The number of nitrogens with zero attached hydrogens (tertiary/aromatic N) is 1. The van der Waals surface area contributed by atoms with E-state index in [1.54, 1.807) is 6.92 Å². The standard InChI is InChI=1S/C18H37N3O2/c1-13(11-18(5,6)20)12-21(9-7-8-19)17(23)15(3)10-14(2)16(4)22/h13-15H,7-12,19-20H2,1-6H3. The predicted molar refractivity (Wildman–Crippen MR) is 95.9 cm³/mol. The summed E-state index contributed by atoms with van der Waals surface area (Å²) >= 11 is 0.